The number of benzene rings is 1. The van der Waals surface area contributed by atoms with E-state index in [0.717, 1.165) is 6.21 Å². The third kappa shape index (κ3) is 1.64. The molecule has 0 amide bonds. The van der Waals surface area contributed by atoms with Crippen molar-refractivity contribution < 1.29 is 0 Å². The summed E-state index contributed by atoms with van der Waals surface area (Å²) in [5, 5.41) is 7.77. The maximum Gasteiger partial charge on any atom is 0.0613 e. The van der Waals surface area contributed by atoms with E-state index < -0.39 is 0 Å². The number of hydrogen-bond acceptors (Lipinski definition) is 2. The smallest absolute Gasteiger partial charge is 0.0613 e. The molecule has 0 aliphatic rings. The third-order valence-electron chi connectivity index (χ3n) is 1.28. The SMILES string of the molecule is N=Cc1cc(Cl)c(Cl)cc1N. The molecule has 0 unspecified atom stereocenters. The lowest BCUT2D eigenvalue weighted by molar-refractivity contribution is 1.54. The van der Waals surface area contributed by atoms with Gasteiger partial charge >= 0.3 is 0 Å². The fourth-order valence-electron chi connectivity index (χ4n) is 0.703. The van der Waals surface area contributed by atoms with Gasteiger partial charge < -0.3 is 11.1 Å². The molecule has 0 spiro atoms. The molecule has 0 aromatic heterocycles. The summed E-state index contributed by atoms with van der Waals surface area (Å²) in [6.07, 6.45) is 1.14. The highest BCUT2D eigenvalue weighted by molar-refractivity contribution is 6.42. The van der Waals surface area contributed by atoms with Crippen LogP contribution in [0.4, 0.5) is 5.69 Å². The second kappa shape index (κ2) is 3.11. The first-order valence-electron chi connectivity index (χ1n) is 2.90. The summed E-state index contributed by atoms with van der Waals surface area (Å²) in [6.45, 7) is 0. The number of nitrogens with two attached hydrogens (primary N) is 1. The lowest BCUT2D eigenvalue weighted by Gasteiger charge is -2.01. The first-order chi connectivity index (χ1) is 5.15. The summed E-state index contributed by atoms with van der Waals surface area (Å²) in [7, 11) is 0. The molecule has 0 radical (unpaired) electrons. The van der Waals surface area contributed by atoms with Crippen molar-refractivity contribution in [3.8, 4) is 0 Å². The van der Waals surface area contributed by atoms with E-state index >= 15 is 0 Å². The monoisotopic (exact) mass is 188 g/mol. The number of nitrogen functional groups attached to an aromatic ring is 1. The van der Waals surface area contributed by atoms with Crippen molar-refractivity contribution in [3.63, 3.8) is 0 Å². The molecule has 1 aromatic carbocycles. The van der Waals surface area contributed by atoms with Crippen molar-refractivity contribution in [3.05, 3.63) is 27.7 Å². The average Bonchev–Trinajstić information content (AvgIpc) is 1.97. The fraction of sp³-hybridized carbons (Fsp3) is 0. The van der Waals surface area contributed by atoms with Crippen molar-refractivity contribution in [2.45, 2.75) is 0 Å². The van der Waals surface area contributed by atoms with Gasteiger partial charge in [0.25, 0.3) is 0 Å². The number of halogens is 2. The quantitative estimate of drug-likeness (QED) is 0.517. The fourth-order valence-corrected chi connectivity index (χ4v) is 1.05. The molecule has 0 atom stereocenters. The highest BCUT2D eigenvalue weighted by atomic mass is 35.5. The van der Waals surface area contributed by atoms with Gasteiger partial charge in [0.1, 0.15) is 0 Å². The Kier molecular flexibility index (Phi) is 2.37. The maximum atomic E-state index is 6.94. The Morgan fingerprint density at radius 1 is 1.27 bits per heavy atom. The van der Waals surface area contributed by atoms with Crippen LogP contribution in [-0.2, 0) is 0 Å². The zero-order valence-electron chi connectivity index (χ0n) is 5.57. The minimum absolute atomic E-state index is 0.412. The standard InChI is InChI=1S/C7H6Cl2N2/c8-5-1-4(3-10)7(11)2-6(5)9/h1-3,10H,11H2. The summed E-state index contributed by atoms with van der Waals surface area (Å²) >= 11 is 11.3. The van der Waals surface area contributed by atoms with Crippen LogP contribution in [0.1, 0.15) is 5.56 Å². The Morgan fingerprint density at radius 3 is 2.36 bits per heavy atom. The molecule has 3 N–H and O–H groups in total. The number of hydrogen-bond donors (Lipinski definition) is 2. The highest BCUT2D eigenvalue weighted by Gasteiger charge is 2.01. The first-order valence-corrected chi connectivity index (χ1v) is 3.65. The summed E-state index contributed by atoms with van der Waals surface area (Å²) in [5.41, 5.74) is 6.56. The van der Waals surface area contributed by atoms with Crippen molar-refractivity contribution in [1.82, 2.24) is 0 Å². The van der Waals surface area contributed by atoms with Gasteiger partial charge in [-0.3, -0.25) is 0 Å². The first kappa shape index (κ1) is 8.37. The molecule has 2 nitrogen and oxygen atoms in total. The molecule has 0 aliphatic carbocycles. The average molecular weight is 189 g/mol. The van der Waals surface area contributed by atoms with Crippen LogP contribution in [0.5, 0.6) is 0 Å². The van der Waals surface area contributed by atoms with E-state index in [9.17, 15) is 0 Å². The van der Waals surface area contributed by atoms with E-state index in [2.05, 4.69) is 0 Å². The van der Waals surface area contributed by atoms with Crippen LogP contribution in [0, 0.1) is 5.41 Å². The van der Waals surface area contributed by atoms with Crippen LogP contribution < -0.4 is 5.73 Å². The Hall–Kier alpha value is -0.730. The number of rotatable bonds is 1. The largest absolute Gasteiger partial charge is 0.398 e. The second-order valence-corrected chi connectivity index (χ2v) is 2.85. The van der Waals surface area contributed by atoms with E-state index in [1.54, 1.807) is 6.07 Å². The third-order valence-corrected chi connectivity index (χ3v) is 2.00. The molecule has 1 aromatic rings. The van der Waals surface area contributed by atoms with Gasteiger partial charge in [0, 0.05) is 17.5 Å². The maximum absolute atomic E-state index is 6.94. The van der Waals surface area contributed by atoms with E-state index in [-0.39, 0.29) is 0 Å². The molecule has 58 valence electrons. The minimum Gasteiger partial charge on any atom is -0.398 e. The molecule has 0 fully saturated rings. The minimum atomic E-state index is 0.412. The summed E-state index contributed by atoms with van der Waals surface area (Å²) in [5.74, 6) is 0. The molecular weight excluding hydrogens is 183 g/mol. The normalized spacial score (nSPS) is 9.64. The molecule has 1 rings (SSSR count). The summed E-state index contributed by atoms with van der Waals surface area (Å²) < 4.78 is 0. The van der Waals surface area contributed by atoms with Gasteiger partial charge in [-0.25, -0.2) is 0 Å². The van der Waals surface area contributed by atoms with E-state index in [0.29, 0.717) is 21.3 Å². The van der Waals surface area contributed by atoms with Gasteiger partial charge in [-0.15, -0.1) is 0 Å². The van der Waals surface area contributed by atoms with Gasteiger partial charge in [0.15, 0.2) is 0 Å². The van der Waals surface area contributed by atoms with Crippen molar-refractivity contribution in [2.24, 2.45) is 0 Å². The van der Waals surface area contributed by atoms with Crippen molar-refractivity contribution >= 4 is 35.1 Å². The number of nitrogens with one attached hydrogen (secondary N) is 1. The summed E-state index contributed by atoms with van der Waals surface area (Å²) in [6, 6.07) is 3.09. The zero-order valence-corrected chi connectivity index (χ0v) is 7.08. The Bertz CT molecular complexity index is 297. The molecule has 0 bridgehead atoms. The van der Waals surface area contributed by atoms with Crippen molar-refractivity contribution in [2.75, 3.05) is 5.73 Å². The number of anilines is 1. The van der Waals surface area contributed by atoms with Crippen LogP contribution in [0.2, 0.25) is 10.0 Å². The van der Waals surface area contributed by atoms with Crippen LogP contribution in [-0.4, -0.2) is 6.21 Å². The Morgan fingerprint density at radius 2 is 1.82 bits per heavy atom. The molecule has 0 saturated heterocycles. The van der Waals surface area contributed by atoms with Crippen molar-refractivity contribution in [1.29, 1.82) is 5.41 Å². The molecule has 0 aliphatic heterocycles. The molecule has 0 heterocycles. The second-order valence-electron chi connectivity index (χ2n) is 2.04. The van der Waals surface area contributed by atoms with Crippen LogP contribution in [0.3, 0.4) is 0 Å². The Labute approximate surface area is 74.4 Å². The van der Waals surface area contributed by atoms with Gasteiger partial charge in [-0.05, 0) is 12.1 Å². The van der Waals surface area contributed by atoms with Gasteiger partial charge in [0.2, 0.25) is 0 Å². The van der Waals surface area contributed by atoms with Gasteiger partial charge in [-0.1, -0.05) is 23.2 Å². The predicted molar refractivity (Wildman–Crippen MR) is 48.8 cm³/mol. The topological polar surface area (TPSA) is 49.9 Å². The van der Waals surface area contributed by atoms with E-state index in [1.165, 1.54) is 6.07 Å². The van der Waals surface area contributed by atoms with Crippen LogP contribution in [0.25, 0.3) is 0 Å². The summed E-state index contributed by atoms with van der Waals surface area (Å²) in [4.78, 5) is 0. The molecule has 0 saturated carbocycles. The zero-order chi connectivity index (χ0) is 8.43. The van der Waals surface area contributed by atoms with Crippen LogP contribution >= 0.6 is 23.2 Å². The van der Waals surface area contributed by atoms with E-state index in [1.807, 2.05) is 0 Å². The van der Waals surface area contributed by atoms with Crippen LogP contribution in [0.15, 0.2) is 12.1 Å². The Balaban J connectivity index is 3.31. The highest BCUT2D eigenvalue weighted by Crippen LogP contribution is 2.26. The van der Waals surface area contributed by atoms with Gasteiger partial charge in [0.05, 0.1) is 10.0 Å². The molecular formula is C7H6Cl2N2. The molecule has 11 heavy (non-hydrogen) atoms. The van der Waals surface area contributed by atoms with Gasteiger partial charge in [-0.2, -0.15) is 0 Å². The lowest BCUT2D eigenvalue weighted by atomic mass is 10.2. The van der Waals surface area contributed by atoms with E-state index in [4.69, 9.17) is 34.3 Å². The lowest BCUT2D eigenvalue weighted by Crippen LogP contribution is -1.92. The predicted octanol–water partition coefficient (Wildman–Crippen LogP) is 2.57. The molecule has 4 heteroatoms.